The summed E-state index contributed by atoms with van der Waals surface area (Å²) in [5, 5.41) is 0.713. The normalized spacial score (nSPS) is 21.6. The highest BCUT2D eigenvalue weighted by atomic mass is 35.5. The maximum atomic E-state index is 6.20. The van der Waals surface area contributed by atoms with Crippen LogP contribution in [-0.4, -0.2) is 22.5 Å². The van der Waals surface area contributed by atoms with Gasteiger partial charge in [-0.15, -0.1) is 0 Å². The third-order valence-electron chi connectivity index (χ3n) is 3.61. The predicted molar refractivity (Wildman–Crippen MR) is 75.4 cm³/mol. The van der Waals surface area contributed by atoms with E-state index in [1.165, 1.54) is 25.7 Å². The lowest BCUT2D eigenvalue weighted by Gasteiger charge is -2.26. The first kappa shape index (κ1) is 13.6. The lowest BCUT2D eigenvalue weighted by atomic mass is 10.1. The molecule has 5 heteroatoms. The molecule has 0 aliphatic carbocycles. The Hall–Kier alpha value is -0.840. The van der Waals surface area contributed by atoms with Gasteiger partial charge in [0.15, 0.2) is 0 Å². The van der Waals surface area contributed by atoms with Gasteiger partial charge < -0.3 is 5.43 Å². The number of rotatable bonds is 3. The van der Waals surface area contributed by atoms with Gasteiger partial charge >= 0.3 is 0 Å². The van der Waals surface area contributed by atoms with E-state index in [-0.39, 0.29) is 0 Å². The molecule has 1 unspecified atom stereocenters. The first-order chi connectivity index (χ1) is 8.70. The molecular weight excluding hydrogens is 248 g/mol. The second kappa shape index (κ2) is 6.36. The van der Waals surface area contributed by atoms with Crippen molar-refractivity contribution in [2.24, 2.45) is 5.84 Å². The van der Waals surface area contributed by atoms with Crippen molar-refractivity contribution in [1.82, 2.24) is 9.88 Å². The Morgan fingerprint density at radius 2 is 2.28 bits per heavy atom. The standard InChI is InChI=1S/C13H21ClN4/c1-10-5-3-2-4-8-18(10)9-12-11(14)6-7-13(16-12)17-15/h6-7,10H,2-5,8-9,15H2,1H3,(H,16,17). The van der Waals surface area contributed by atoms with Gasteiger partial charge in [0.1, 0.15) is 5.82 Å². The molecule has 3 N–H and O–H groups in total. The third-order valence-corrected chi connectivity index (χ3v) is 3.95. The van der Waals surface area contributed by atoms with Crippen molar-refractivity contribution in [3.8, 4) is 0 Å². The minimum atomic E-state index is 0.597. The number of pyridine rings is 1. The molecule has 0 radical (unpaired) electrons. The maximum absolute atomic E-state index is 6.20. The predicted octanol–water partition coefficient (Wildman–Crippen LogP) is 2.79. The zero-order chi connectivity index (χ0) is 13.0. The van der Waals surface area contributed by atoms with E-state index in [1.54, 1.807) is 6.07 Å². The van der Waals surface area contributed by atoms with Gasteiger partial charge in [-0.1, -0.05) is 24.4 Å². The Labute approximate surface area is 113 Å². The summed E-state index contributed by atoms with van der Waals surface area (Å²) in [5.74, 6) is 6.05. The van der Waals surface area contributed by atoms with Crippen LogP contribution in [0.5, 0.6) is 0 Å². The largest absolute Gasteiger partial charge is 0.308 e. The number of halogens is 1. The van der Waals surface area contributed by atoms with E-state index in [4.69, 9.17) is 17.4 Å². The van der Waals surface area contributed by atoms with Gasteiger partial charge in [-0.25, -0.2) is 10.8 Å². The van der Waals surface area contributed by atoms with Crippen LogP contribution in [-0.2, 0) is 6.54 Å². The molecule has 0 aromatic carbocycles. The van der Waals surface area contributed by atoms with Crippen molar-refractivity contribution >= 4 is 17.4 Å². The number of nitrogens with one attached hydrogen (secondary N) is 1. The smallest absolute Gasteiger partial charge is 0.140 e. The summed E-state index contributed by atoms with van der Waals surface area (Å²) in [4.78, 5) is 6.90. The maximum Gasteiger partial charge on any atom is 0.140 e. The van der Waals surface area contributed by atoms with E-state index in [2.05, 4.69) is 22.2 Å². The van der Waals surface area contributed by atoms with Gasteiger partial charge in [0.2, 0.25) is 0 Å². The highest BCUT2D eigenvalue weighted by molar-refractivity contribution is 6.31. The quantitative estimate of drug-likeness (QED) is 0.654. The van der Waals surface area contributed by atoms with E-state index in [0.717, 1.165) is 18.8 Å². The zero-order valence-electron chi connectivity index (χ0n) is 10.8. The molecule has 1 atom stereocenters. The summed E-state index contributed by atoms with van der Waals surface area (Å²) in [5.41, 5.74) is 3.47. The van der Waals surface area contributed by atoms with Crippen LogP contribution in [0.15, 0.2) is 12.1 Å². The monoisotopic (exact) mass is 268 g/mol. The van der Waals surface area contributed by atoms with Crippen LogP contribution in [0, 0.1) is 0 Å². The first-order valence-electron chi connectivity index (χ1n) is 6.57. The molecule has 4 nitrogen and oxygen atoms in total. The number of hydrazine groups is 1. The highest BCUT2D eigenvalue weighted by Gasteiger charge is 2.18. The van der Waals surface area contributed by atoms with Gasteiger partial charge in [0.05, 0.1) is 10.7 Å². The Bertz CT molecular complexity index is 397. The molecule has 2 heterocycles. The average molecular weight is 269 g/mol. The fourth-order valence-corrected chi connectivity index (χ4v) is 2.60. The molecule has 0 amide bonds. The van der Waals surface area contributed by atoms with Crippen LogP contribution in [0.25, 0.3) is 0 Å². The molecule has 1 fully saturated rings. The molecule has 1 aliphatic heterocycles. The molecule has 1 aromatic rings. The molecule has 0 spiro atoms. The Morgan fingerprint density at radius 3 is 3.06 bits per heavy atom. The van der Waals surface area contributed by atoms with Crippen molar-refractivity contribution in [1.29, 1.82) is 0 Å². The van der Waals surface area contributed by atoms with Crippen LogP contribution in [0.2, 0.25) is 5.02 Å². The van der Waals surface area contributed by atoms with Crippen molar-refractivity contribution in [3.05, 3.63) is 22.8 Å². The van der Waals surface area contributed by atoms with Crippen LogP contribution in [0.1, 0.15) is 38.3 Å². The fourth-order valence-electron chi connectivity index (χ4n) is 2.44. The van der Waals surface area contributed by atoms with E-state index < -0.39 is 0 Å². The number of nitrogens with two attached hydrogens (primary N) is 1. The Kier molecular flexibility index (Phi) is 4.80. The third kappa shape index (κ3) is 3.34. The Balaban J connectivity index is 2.11. The molecule has 100 valence electrons. The van der Waals surface area contributed by atoms with Crippen molar-refractivity contribution in [3.63, 3.8) is 0 Å². The molecule has 18 heavy (non-hydrogen) atoms. The van der Waals surface area contributed by atoms with Gasteiger partial charge in [-0.3, -0.25) is 4.90 Å². The van der Waals surface area contributed by atoms with Gasteiger partial charge in [-0.05, 0) is 38.4 Å². The number of hydrogen-bond donors (Lipinski definition) is 2. The van der Waals surface area contributed by atoms with Crippen molar-refractivity contribution < 1.29 is 0 Å². The number of aromatic nitrogens is 1. The molecule has 2 rings (SSSR count). The molecule has 1 aliphatic rings. The lowest BCUT2D eigenvalue weighted by Crippen LogP contribution is -2.32. The van der Waals surface area contributed by atoms with Gasteiger partial charge in [0, 0.05) is 12.6 Å². The number of nitrogen functional groups attached to an aromatic ring is 1. The minimum absolute atomic E-state index is 0.597. The summed E-state index contributed by atoms with van der Waals surface area (Å²) in [6.45, 7) is 4.21. The van der Waals surface area contributed by atoms with Crippen LogP contribution in [0.4, 0.5) is 5.82 Å². The van der Waals surface area contributed by atoms with E-state index in [9.17, 15) is 0 Å². The number of nitrogens with zero attached hydrogens (tertiary/aromatic N) is 2. The van der Waals surface area contributed by atoms with Crippen molar-refractivity contribution in [2.75, 3.05) is 12.0 Å². The summed E-state index contributed by atoms with van der Waals surface area (Å²) in [6.07, 6.45) is 5.17. The van der Waals surface area contributed by atoms with Crippen LogP contribution in [0.3, 0.4) is 0 Å². The number of anilines is 1. The van der Waals surface area contributed by atoms with Crippen LogP contribution < -0.4 is 11.3 Å². The fraction of sp³-hybridized carbons (Fsp3) is 0.615. The van der Waals surface area contributed by atoms with Gasteiger partial charge in [0.25, 0.3) is 0 Å². The summed E-state index contributed by atoms with van der Waals surface area (Å²) >= 11 is 6.20. The topological polar surface area (TPSA) is 54.2 Å². The molecule has 1 saturated heterocycles. The minimum Gasteiger partial charge on any atom is -0.308 e. The number of likely N-dealkylation sites (tertiary alicyclic amines) is 1. The summed E-state index contributed by atoms with van der Waals surface area (Å²) in [6, 6.07) is 4.24. The highest BCUT2D eigenvalue weighted by Crippen LogP contribution is 2.22. The van der Waals surface area contributed by atoms with Gasteiger partial charge in [-0.2, -0.15) is 0 Å². The zero-order valence-corrected chi connectivity index (χ0v) is 11.6. The first-order valence-corrected chi connectivity index (χ1v) is 6.94. The molecule has 1 aromatic heterocycles. The molecule has 0 saturated carbocycles. The number of hydrogen-bond acceptors (Lipinski definition) is 4. The molecule has 0 bridgehead atoms. The molecular formula is C13H21ClN4. The SMILES string of the molecule is CC1CCCCCN1Cc1nc(NN)ccc1Cl. The van der Waals surface area contributed by atoms with E-state index in [1.807, 2.05) is 6.07 Å². The average Bonchev–Trinajstić information content (AvgIpc) is 2.58. The Morgan fingerprint density at radius 1 is 1.44 bits per heavy atom. The van der Waals surface area contributed by atoms with E-state index in [0.29, 0.717) is 16.9 Å². The second-order valence-corrected chi connectivity index (χ2v) is 5.35. The summed E-state index contributed by atoms with van der Waals surface area (Å²) < 4.78 is 0. The summed E-state index contributed by atoms with van der Waals surface area (Å²) in [7, 11) is 0. The van der Waals surface area contributed by atoms with Crippen molar-refractivity contribution in [2.45, 2.75) is 45.2 Å². The lowest BCUT2D eigenvalue weighted by molar-refractivity contribution is 0.202. The van der Waals surface area contributed by atoms with E-state index >= 15 is 0 Å². The second-order valence-electron chi connectivity index (χ2n) is 4.94. The van der Waals surface area contributed by atoms with Crippen LogP contribution >= 0.6 is 11.6 Å².